The molecule has 0 aliphatic heterocycles. The molecular formula is C15H22F3N. The van der Waals surface area contributed by atoms with E-state index in [1.54, 1.807) is 6.92 Å². The van der Waals surface area contributed by atoms with E-state index in [0.717, 1.165) is 32.1 Å². The number of rotatable bonds is 1. The Kier molecular flexibility index (Phi) is 5.83. The largest absolute Gasteiger partial charge is 0.416 e. The van der Waals surface area contributed by atoms with Crippen molar-refractivity contribution in [2.24, 2.45) is 0 Å². The van der Waals surface area contributed by atoms with E-state index >= 15 is 0 Å². The van der Waals surface area contributed by atoms with Crippen molar-refractivity contribution in [3.05, 3.63) is 29.1 Å². The molecule has 0 aromatic carbocycles. The van der Waals surface area contributed by atoms with Crippen LogP contribution in [0.1, 0.15) is 68.7 Å². The summed E-state index contributed by atoms with van der Waals surface area (Å²) in [7, 11) is 0. The predicted octanol–water partition coefficient (Wildman–Crippen LogP) is 5.48. The Labute approximate surface area is 113 Å². The van der Waals surface area contributed by atoms with Gasteiger partial charge in [-0.15, -0.1) is 0 Å². The van der Waals surface area contributed by atoms with Crippen LogP contribution in [0.5, 0.6) is 0 Å². The number of alkyl halides is 3. The zero-order valence-corrected chi connectivity index (χ0v) is 11.8. The van der Waals surface area contributed by atoms with E-state index in [2.05, 4.69) is 4.98 Å². The van der Waals surface area contributed by atoms with Crippen LogP contribution in [-0.4, -0.2) is 4.98 Å². The maximum Gasteiger partial charge on any atom is 0.416 e. The summed E-state index contributed by atoms with van der Waals surface area (Å²) in [4.78, 5) is 4.03. The van der Waals surface area contributed by atoms with Gasteiger partial charge in [0.05, 0.1) is 5.56 Å². The van der Waals surface area contributed by atoms with Crippen molar-refractivity contribution in [2.75, 3.05) is 0 Å². The lowest BCUT2D eigenvalue weighted by Crippen LogP contribution is -2.15. The van der Waals surface area contributed by atoms with Crippen LogP contribution in [0.2, 0.25) is 0 Å². The summed E-state index contributed by atoms with van der Waals surface area (Å²) in [5, 5.41) is 0. The van der Waals surface area contributed by atoms with Crippen LogP contribution >= 0.6 is 0 Å². The number of aryl methyl sites for hydroxylation is 1. The van der Waals surface area contributed by atoms with E-state index in [-0.39, 0.29) is 5.92 Å². The molecule has 0 spiro atoms. The van der Waals surface area contributed by atoms with Gasteiger partial charge in [0, 0.05) is 11.9 Å². The van der Waals surface area contributed by atoms with Crippen molar-refractivity contribution in [1.82, 2.24) is 4.98 Å². The molecule has 0 saturated heterocycles. The average molecular weight is 273 g/mol. The topological polar surface area (TPSA) is 12.9 Å². The minimum atomic E-state index is -4.26. The highest BCUT2D eigenvalue weighted by Crippen LogP contribution is 2.40. The van der Waals surface area contributed by atoms with Gasteiger partial charge in [-0.3, -0.25) is 4.98 Å². The van der Waals surface area contributed by atoms with Crippen molar-refractivity contribution < 1.29 is 13.2 Å². The molecule has 0 radical (unpaired) electrons. The minimum Gasteiger partial charge on any atom is -0.261 e. The second kappa shape index (κ2) is 6.92. The molecule has 1 fully saturated rings. The van der Waals surface area contributed by atoms with Crippen LogP contribution in [0.25, 0.3) is 0 Å². The molecule has 1 aliphatic rings. The summed E-state index contributed by atoms with van der Waals surface area (Å²) in [6.45, 7) is 5.60. The van der Waals surface area contributed by atoms with Crippen molar-refractivity contribution in [3.8, 4) is 0 Å². The van der Waals surface area contributed by atoms with Crippen molar-refractivity contribution in [1.29, 1.82) is 0 Å². The number of aromatic nitrogens is 1. The smallest absolute Gasteiger partial charge is 0.261 e. The van der Waals surface area contributed by atoms with E-state index < -0.39 is 11.7 Å². The van der Waals surface area contributed by atoms with Gasteiger partial charge < -0.3 is 0 Å². The monoisotopic (exact) mass is 273 g/mol. The molecule has 1 aromatic rings. The Morgan fingerprint density at radius 2 is 1.68 bits per heavy atom. The third kappa shape index (κ3) is 4.22. The average Bonchev–Trinajstić information content (AvgIpc) is 2.41. The zero-order chi connectivity index (χ0) is 14.5. The highest BCUT2D eigenvalue weighted by atomic mass is 19.4. The summed E-state index contributed by atoms with van der Waals surface area (Å²) in [6, 6.07) is 1.17. The van der Waals surface area contributed by atoms with E-state index in [0.29, 0.717) is 11.3 Å². The van der Waals surface area contributed by atoms with E-state index in [4.69, 9.17) is 0 Å². The first kappa shape index (κ1) is 16.0. The van der Waals surface area contributed by atoms with Crippen molar-refractivity contribution in [2.45, 2.75) is 65.0 Å². The molecular weight excluding hydrogens is 251 g/mol. The van der Waals surface area contributed by atoms with Crippen LogP contribution in [0.3, 0.4) is 0 Å². The highest BCUT2D eigenvalue weighted by molar-refractivity contribution is 5.32. The first-order valence-electron chi connectivity index (χ1n) is 7.02. The number of pyridine rings is 1. The summed E-state index contributed by atoms with van der Waals surface area (Å²) in [5.74, 6) is 0.0356. The molecule has 0 bridgehead atoms. The number of hydrogen-bond acceptors (Lipinski definition) is 1. The third-order valence-electron chi connectivity index (χ3n) is 3.42. The van der Waals surface area contributed by atoms with Crippen LogP contribution in [-0.2, 0) is 6.18 Å². The molecule has 1 nitrogen and oxygen atoms in total. The third-order valence-corrected chi connectivity index (χ3v) is 3.42. The van der Waals surface area contributed by atoms with Gasteiger partial charge in [-0.05, 0) is 37.3 Å². The molecule has 1 aromatic heterocycles. The fourth-order valence-electron chi connectivity index (χ4n) is 2.55. The SMILES string of the molecule is CC.Cc1cc(C(F)(F)F)c(C2CCCCC2)cn1. The Balaban J connectivity index is 0.000000861. The first-order chi connectivity index (χ1) is 8.98. The molecule has 1 heterocycles. The Morgan fingerprint density at radius 1 is 1.11 bits per heavy atom. The van der Waals surface area contributed by atoms with E-state index in [1.807, 2.05) is 13.8 Å². The number of hydrogen-bond donors (Lipinski definition) is 0. The van der Waals surface area contributed by atoms with Crippen LogP contribution in [0.4, 0.5) is 13.2 Å². The molecule has 2 rings (SSSR count). The van der Waals surface area contributed by atoms with Gasteiger partial charge in [0.1, 0.15) is 0 Å². The Morgan fingerprint density at radius 3 is 2.21 bits per heavy atom. The summed E-state index contributed by atoms with van der Waals surface area (Å²) in [6.07, 6.45) is 2.05. The molecule has 108 valence electrons. The summed E-state index contributed by atoms with van der Waals surface area (Å²) < 4.78 is 38.9. The van der Waals surface area contributed by atoms with Crippen molar-refractivity contribution >= 4 is 0 Å². The van der Waals surface area contributed by atoms with Gasteiger partial charge in [0.25, 0.3) is 0 Å². The molecule has 19 heavy (non-hydrogen) atoms. The van der Waals surface area contributed by atoms with E-state index in [1.165, 1.54) is 12.3 Å². The van der Waals surface area contributed by atoms with Gasteiger partial charge in [0.15, 0.2) is 0 Å². The lowest BCUT2D eigenvalue weighted by atomic mass is 9.82. The van der Waals surface area contributed by atoms with Gasteiger partial charge in [-0.1, -0.05) is 33.1 Å². The molecule has 1 saturated carbocycles. The second-order valence-electron chi connectivity index (χ2n) is 4.75. The van der Waals surface area contributed by atoms with Gasteiger partial charge in [-0.2, -0.15) is 13.2 Å². The molecule has 0 N–H and O–H groups in total. The number of nitrogens with zero attached hydrogens (tertiary/aromatic N) is 1. The standard InChI is InChI=1S/C13H16F3N.C2H6/c1-9-7-12(13(14,15)16)11(8-17-9)10-5-3-2-4-6-10;1-2/h7-8,10H,2-6H2,1H3;1-2H3. The predicted molar refractivity (Wildman–Crippen MR) is 71.2 cm³/mol. The molecule has 4 heteroatoms. The quantitative estimate of drug-likeness (QED) is 0.660. The van der Waals surface area contributed by atoms with Gasteiger partial charge >= 0.3 is 6.18 Å². The van der Waals surface area contributed by atoms with E-state index in [9.17, 15) is 13.2 Å². The van der Waals surface area contributed by atoms with Crippen LogP contribution < -0.4 is 0 Å². The second-order valence-corrected chi connectivity index (χ2v) is 4.75. The number of halogens is 3. The minimum absolute atomic E-state index is 0.0356. The van der Waals surface area contributed by atoms with Gasteiger partial charge in [-0.25, -0.2) is 0 Å². The highest BCUT2D eigenvalue weighted by Gasteiger charge is 2.35. The molecule has 1 aliphatic carbocycles. The summed E-state index contributed by atoms with van der Waals surface area (Å²) in [5.41, 5.74) is 0.330. The normalized spacial score (nSPS) is 16.7. The van der Waals surface area contributed by atoms with Crippen LogP contribution in [0, 0.1) is 6.92 Å². The Bertz CT molecular complexity index is 393. The zero-order valence-electron chi connectivity index (χ0n) is 11.8. The van der Waals surface area contributed by atoms with Crippen LogP contribution in [0.15, 0.2) is 12.3 Å². The maximum absolute atomic E-state index is 13.0. The summed E-state index contributed by atoms with van der Waals surface area (Å²) >= 11 is 0. The fraction of sp³-hybridized carbons (Fsp3) is 0.667. The molecule has 0 unspecified atom stereocenters. The lowest BCUT2D eigenvalue weighted by molar-refractivity contribution is -0.138. The lowest BCUT2D eigenvalue weighted by Gasteiger charge is -2.24. The molecule has 0 amide bonds. The maximum atomic E-state index is 13.0. The first-order valence-corrected chi connectivity index (χ1v) is 7.02. The van der Waals surface area contributed by atoms with Crippen molar-refractivity contribution in [3.63, 3.8) is 0 Å². The Hall–Kier alpha value is -1.06. The fourth-order valence-corrected chi connectivity index (χ4v) is 2.55. The molecule has 0 atom stereocenters. The van der Waals surface area contributed by atoms with Gasteiger partial charge in [0.2, 0.25) is 0 Å².